The van der Waals surface area contributed by atoms with Crippen LogP contribution in [0.5, 0.6) is 5.75 Å². The van der Waals surface area contributed by atoms with E-state index in [0.29, 0.717) is 0 Å². The van der Waals surface area contributed by atoms with Gasteiger partial charge in [0, 0.05) is 39.7 Å². The van der Waals surface area contributed by atoms with Crippen molar-refractivity contribution in [1.82, 2.24) is 4.67 Å². The molecule has 0 aromatic heterocycles. The Balaban J connectivity index is -0.000000230. The Hall–Kier alpha value is -1.53. The van der Waals surface area contributed by atoms with Crippen molar-refractivity contribution >= 4 is 13.7 Å². The molecule has 2 heterocycles. The Morgan fingerprint density at radius 2 is 1.25 bits per heavy atom. The molecule has 1 saturated heterocycles. The van der Waals surface area contributed by atoms with Crippen LogP contribution in [0.15, 0.2) is 29.0 Å². The van der Waals surface area contributed by atoms with Gasteiger partial charge in [0.1, 0.15) is 5.75 Å². The third-order valence-corrected chi connectivity index (χ3v) is 5.49. The molecule has 0 aliphatic carbocycles. The molecule has 1 unspecified atom stereocenters. The number of piperidine rings is 1. The number of methoxy groups -OCH3 is 1. The van der Waals surface area contributed by atoms with E-state index >= 15 is 0 Å². The van der Waals surface area contributed by atoms with E-state index < -0.39 is 8.22 Å². The normalized spacial score (nSPS) is 15.1. The topological polar surface area (TPSA) is 124 Å². The number of rotatable bonds is 3. The maximum Gasteiger partial charge on any atom is 0 e. The van der Waals surface area contributed by atoms with Crippen LogP contribution in [0.2, 0.25) is 0 Å². The van der Waals surface area contributed by atoms with E-state index in [2.05, 4.69) is 50.1 Å². The molecular weight excluding hydrogens is 555 g/mol. The molecule has 28 heavy (non-hydrogen) atoms. The zero-order chi connectivity index (χ0) is 21.7. The molecule has 10 heteroatoms. The van der Waals surface area contributed by atoms with Gasteiger partial charge in [0.05, 0.1) is 7.11 Å². The molecule has 1 aromatic rings. The van der Waals surface area contributed by atoms with E-state index in [1.54, 1.807) is 7.11 Å². The van der Waals surface area contributed by atoms with E-state index in [1.807, 2.05) is 12.1 Å². The van der Waals surface area contributed by atoms with Gasteiger partial charge in [-0.15, -0.1) is 0 Å². The van der Waals surface area contributed by atoms with Gasteiger partial charge in [0.15, 0.2) is 0 Å². The van der Waals surface area contributed by atoms with Crippen molar-refractivity contribution in [3.8, 4) is 5.75 Å². The Morgan fingerprint density at radius 3 is 1.64 bits per heavy atom. The van der Waals surface area contributed by atoms with Crippen LogP contribution in [-0.4, -0.2) is 30.3 Å². The number of hydrogen-bond donors (Lipinski definition) is 0. The smallest absolute Gasteiger partial charge is 0 e. The van der Waals surface area contributed by atoms with Gasteiger partial charge in [0.25, 0.3) is 13.7 Å². The van der Waals surface area contributed by atoms with Crippen LogP contribution in [0, 0.1) is 33.3 Å². The summed E-state index contributed by atoms with van der Waals surface area (Å²) >= 11 is 0. The minimum atomic E-state index is -0.661. The minimum Gasteiger partial charge on any atom is 0 e. The Bertz CT molecular complexity index is 599. The molecular formula is C18H18N2O6PW+. The summed E-state index contributed by atoms with van der Waals surface area (Å²) in [5.41, 5.74) is 2.63. The van der Waals surface area contributed by atoms with Crippen LogP contribution in [0.25, 0.3) is 0 Å². The first-order chi connectivity index (χ1) is 13.4. The Kier molecular flexibility index (Phi) is 30.9. The Labute approximate surface area is 180 Å². The van der Waals surface area contributed by atoms with Crippen molar-refractivity contribution in [2.24, 2.45) is 4.76 Å². The third-order valence-electron chi connectivity index (χ3n) is 3.40. The second-order valence-corrected chi connectivity index (χ2v) is 6.54. The maximum absolute atomic E-state index is 7.50. The maximum atomic E-state index is 7.50. The van der Waals surface area contributed by atoms with Crippen LogP contribution in [-0.2, 0) is 44.3 Å². The van der Waals surface area contributed by atoms with Crippen LogP contribution in [0.3, 0.4) is 0 Å². The summed E-state index contributed by atoms with van der Waals surface area (Å²) in [6.07, 6.45) is 4.09. The molecule has 0 amide bonds. The average molecular weight is 573 g/mol. The molecule has 8 nitrogen and oxygen atoms in total. The minimum absolute atomic E-state index is 0. The van der Waals surface area contributed by atoms with Crippen molar-refractivity contribution in [3.63, 3.8) is 0 Å². The first-order valence-corrected chi connectivity index (χ1v) is 8.65. The second-order valence-electron chi connectivity index (χ2n) is 4.56. The van der Waals surface area contributed by atoms with Crippen molar-refractivity contribution < 1.29 is 49.1 Å². The van der Waals surface area contributed by atoms with Crippen molar-refractivity contribution in [2.75, 3.05) is 20.2 Å². The van der Waals surface area contributed by atoms with Crippen molar-refractivity contribution in [2.45, 2.75) is 19.3 Å². The molecule has 1 fully saturated rings. The summed E-state index contributed by atoms with van der Waals surface area (Å²) in [7, 11) is 1.04. The van der Waals surface area contributed by atoms with Crippen molar-refractivity contribution in [3.05, 3.63) is 63.1 Å². The number of nitrogens with zero attached hydrogens (tertiary/aromatic N) is 2. The quantitative estimate of drug-likeness (QED) is 0.314. The molecule has 0 N–H and O–H groups in total. The standard InChI is InChI=1S/C13H17N2OP.5CO.W/c1-16-12-7-5-11(6-8-12)13-14-17(13)15-9-3-2-4-10-15;5*1-2;/h5-8H,2-4,9-10H2,1H3;;;;;;/p+1. The van der Waals surface area contributed by atoms with Gasteiger partial charge in [-0.05, 0) is 37.1 Å². The third kappa shape index (κ3) is 12.8. The van der Waals surface area contributed by atoms with Gasteiger partial charge in [-0.3, -0.25) is 0 Å². The Morgan fingerprint density at radius 1 is 0.821 bits per heavy atom. The fourth-order valence-electron chi connectivity index (χ4n) is 2.35. The van der Waals surface area contributed by atoms with E-state index in [-0.39, 0.29) is 21.1 Å². The van der Waals surface area contributed by atoms with Gasteiger partial charge < -0.3 is 4.74 Å². The summed E-state index contributed by atoms with van der Waals surface area (Å²) in [5.74, 6) is 0.918. The molecule has 0 bridgehead atoms. The second kappa shape index (κ2) is 25.5. The fraction of sp³-hybridized carbons (Fsp3) is 0.333. The van der Waals surface area contributed by atoms with E-state index in [0.717, 1.165) is 5.75 Å². The van der Waals surface area contributed by atoms with Crippen LogP contribution < -0.4 is 4.74 Å². The monoisotopic (exact) mass is 573 g/mol. The molecule has 0 radical (unpaired) electrons. The molecule has 3 rings (SSSR count). The fourth-order valence-corrected chi connectivity index (χ4v) is 4.39. The SMILES string of the molecule is COc1ccc(C2=N[PH+]2N2CCCCC2)cc1.[C-]#[O+].[C-]#[O+].[C-]#[O+].[C-]#[O+].[C-]#[O+].[W]. The van der Waals surface area contributed by atoms with E-state index in [9.17, 15) is 0 Å². The van der Waals surface area contributed by atoms with Gasteiger partial charge >= 0.3 is 56.5 Å². The molecule has 0 spiro atoms. The number of hydrogen-bond acceptors (Lipinski definition) is 3. The zero-order valence-corrected chi connectivity index (χ0v) is 19.0. The van der Waals surface area contributed by atoms with Crippen molar-refractivity contribution in [1.29, 1.82) is 0 Å². The summed E-state index contributed by atoms with van der Waals surface area (Å²) in [6, 6.07) is 8.29. The predicted molar refractivity (Wildman–Crippen MR) is 92.9 cm³/mol. The van der Waals surface area contributed by atoms with Crippen LogP contribution >= 0.6 is 8.22 Å². The van der Waals surface area contributed by atoms with E-state index in [4.69, 9.17) is 32.8 Å². The van der Waals surface area contributed by atoms with Gasteiger partial charge in [0.2, 0.25) is 0 Å². The van der Waals surface area contributed by atoms with Crippen LogP contribution in [0.1, 0.15) is 24.8 Å². The zero-order valence-electron chi connectivity index (χ0n) is 15.1. The predicted octanol–water partition coefficient (Wildman–Crippen LogP) is 2.80. The van der Waals surface area contributed by atoms with E-state index in [1.165, 1.54) is 43.4 Å². The first-order valence-electron chi connectivity index (χ1n) is 7.26. The largest absolute Gasteiger partial charge is 0 e. The molecule has 0 saturated carbocycles. The van der Waals surface area contributed by atoms with Crippen LogP contribution in [0.4, 0.5) is 0 Å². The molecule has 146 valence electrons. The molecule has 2 aliphatic rings. The average Bonchev–Trinajstić information content (AvgIpc) is 3.62. The summed E-state index contributed by atoms with van der Waals surface area (Å²) < 4.78 is 50.0. The number of benzene rings is 1. The van der Waals surface area contributed by atoms with Gasteiger partial charge in [-0.25, -0.2) is 0 Å². The number of ether oxygens (including phenoxy) is 1. The molecule has 1 aromatic carbocycles. The van der Waals surface area contributed by atoms with Gasteiger partial charge in [-0.2, -0.15) is 4.67 Å². The molecule has 1 atom stereocenters. The molecule has 2 aliphatic heterocycles. The summed E-state index contributed by atoms with van der Waals surface area (Å²) in [5, 5.41) is 0. The first kappa shape index (κ1) is 34.0. The summed E-state index contributed by atoms with van der Waals surface area (Å²) in [6.45, 7) is 25.0. The van der Waals surface area contributed by atoms with Gasteiger partial charge in [-0.1, -0.05) is 11.2 Å². The summed E-state index contributed by atoms with van der Waals surface area (Å²) in [4.78, 5) is 0.